The van der Waals surface area contributed by atoms with E-state index in [1.54, 1.807) is 0 Å². The summed E-state index contributed by atoms with van der Waals surface area (Å²) in [5.74, 6) is -1.64. The molecule has 4 N–H and O–H groups in total. The second-order valence-corrected chi connectivity index (χ2v) is 33.2. The third-order valence-corrected chi connectivity index (χ3v) is 21.0. The molecule has 5 atom stereocenters. The molecule has 0 bridgehead atoms. The van der Waals surface area contributed by atoms with Crippen molar-refractivity contribution in [2.45, 2.75) is 386 Å². The minimum Gasteiger partial charge on any atom is -0.463 e. The Morgan fingerprint density at radius 3 is 0.701 bits per heavy atom. The van der Waals surface area contributed by atoms with Crippen molar-refractivity contribution in [1.29, 1.82) is 0 Å². The summed E-state index contributed by atoms with van der Waals surface area (Å²) in [5.41, 5.74) is 0. The van der Waals surface area contributed by atoms with E-state index in [2.05, 4.69) is 191 Å². The van der Waals surface area contributed by atoms with Crippen LogP contribution in [-0.2, 0) is 55.8 Å². The van der Waals surface area contributed by atoms with Crippen molar-refractivity contribution in [2.24, 2.45) is 0 Å². The molecule has 668 valence electrons. The summed E-state index contributed by atoms with van der Waals surface area (Å²) in [7, 11) is -9.83. The summed E-state index contributed by atoms with van der Waals surface area (Å²) in [6.07, 6.45) is 118. The fraction of sp³-hybridized carbons (Fsp3) is 0.667. The van der Waals surface area contributed by atoms with Crippen LogP contribution in [0.2, 0.25) is 0 Å². The molecule has 0 spiro atoms. The number of rotatable bonds is 86. The van der Waals surface area contributed by atoms with Crippen LogP contribution >= 0.6 is 15.6 Å². The lowest BCUT2D eigenvalue weighted by Gasteiger charge is -2.21. The number of allylic oxidation sites excluding steroid dienone is 30. The molecule has 0 aromatic rings. The Morgan fingerprint density at radius 2 is 0.436 bits per heavy atom. The zero-order valence-electron chi connectivity index (χ0n) is 73.6. The molecule has 0 rings (SSSR count). The minimum atomic E-state index is -4.96. The fourth-order valence-electron chi connectivity index (χ4n) is 12.3. The van der Waals surface area contributed by atoms with E-state index in [9.17, 15) is 43.5 Å². The number of aliphatic hydroxyl groups is 2. The molecule has 0 heterocycles. The molecular weight excluding hydrogens is 1510 g/mol. The summed E-state index contributed by atoms with van der Waals surface area (Å²) in [6, 6.07) is 0. The molecule has 16 nitrogen and oxygen atoms in total. The van der Waals surface area contributed by atoms with Gasteiger partial charge in [0, 0.05) is 19.3 Å². The molecule has 0 saturated carbocycles. The first kappa shape index (κ1) is 112. The van der Waals surface area contributed by atoms with Crippen LogP contribution in [0.3, 0.4) is 0 Å². The van der Waals surface area contributed by atoms with Gasteiger partial charge in [0.15, 0.2) is 6.10 Å². The van der Waals surface area contributed by atoms with Crippen molar-refractivity contribution in [3.63, 3.8) is 0 Å². The Kier molecular flexibility index (Phi) is 85.8. The van der Waals surface area contributed by atoms with Crippen molar-refractivity contribution >= 4 is 33.6 Å². The van der Waals surface area contributed by atoms with Crippen molar-refractivity contribution in [1.82, 2.24) is 0 Å². The van der Waals surface area contributed by atoms with Crippen molar-refractivity contribution < 1.29 is 75.8 Å². The van der Waals surface area contributed by atoms with Crippen molar-refractivity contribution in [3.8, 4) is 0 Å². The Labute approximate surface area is 713 Å². The van der Waals surface area contributed by atoms with Crippen LogP contribution in [0.5, 0.6) is 0 Å². The molecule has 0 radical (unpaired) electrons. The molecule has 117 heavy (non-hydrogen) atoms. The van der Waals surface area contributed by atoms with Crippen LogP contribution in [0.1, 0.15) is 367 Å². The number of carbonyl (C=O) groups excluding carboxylic acids is 3. The smallest absolute Gasteiger partial charge is 0.463 e. The van der Waals surface area contributed by atoms with Crippen LogP contribution in [0, 0.1) is 0 Å². The summed E-state index contributed by atoms with van der Waals surface area (Å²) in [4.78, 5) is 58.9. The first-order valence-corrected chi connectivity index (χ1v) is 49.1. The molecule has 5 unspecified atom stereocenters. The van der Waals surface area contributed by atoms with Gasteiger partial charge in [0.2, 0.25) is 0 Å². The quantitative estimate of drug-likeness (QED) is 0.0146. The fourth-order valence-corrected chi connectivity index (χ4v) is 13.8. The molecule has 0 aliphatic carbocycles. The SMILES string of the molecule is CC/C=C\C/C=C\C/C=C\C/C=C\C/C=C\CCCCCCCCCCCCCCCCCCCCCC(=O)OCC(O)COP(=O)(O)OCC(O)COP(=O)(O)OCC(COC(=O)CCCCCCCCCCCCCCC/C=C\C/C=C\C/C=C\C/C=C\C/C=C\CC)OC(=O)CCC/C=C\C/C=C\C/C=C\C/C=C\C/C=C\CC. The topological polar surface area (TPSA) is 231 Å². The van der Waals surface area contributed by atoms with E-state index in [0.717, 1.165) is 148 Å². The number of aliphatic hydroxyl groups excluding tert-OH is 2. The predicted molar refractivity (Wildman–Crippen MR) is 491 cm³/mol. The lowest BCUT2D eigenvalue weighted by Crippen LogP contribution is -2.30. The molecule has 0 saturated heterocycles. The van der Waals surface area contributed by atoms with E-state index in [1.807, 2.05) is 12.2 Å². The second-order valence-electron chi connectivity index (χ2n) is 30.3. The number of unbranched alkanes of at least 4 members (excludes halogenated alkanes) is 33. The third kappa shape index (κ3) is 91.2. The number of phosphoric ester groups is 2. The molecule has 0 aliphatic heterocycles. The highest BCUT2D eigenvalue weighted by molar-refractivity contribution is 7.47. The highest BCUT2D eigenvalue weighted by Gasteiger charge is 2.29. The monoisotopic (exact) mass is 1670 g/mol. The maximum absolute atomic E-state index is 13.0. The minimum absolute atomic E-state index is 0.0219. The van der Waals surface area contributed by atoms with Gasteiger partial charge < -0.3 is 34.2 Å². The summed E-state index contributed by atoms with van der Waals surface area (Å²) < 4.78 is 61.3. The first-order valence-electron chi connectivity index (χ1n) is 46.1. The predicted octanol–water partition coefficient (Wildman–Crippen LogP) is 28.4. The van der Waals surface area contributed by atoms with E-state index >= 15 is 0 Å². The number of hydrogen-bond acceptors (Lipinski definition) is 14. The maximum Gasteiger partial charge on any atom is 0.472 e. The summed E-state index contributed by atoms with van der Waals surface area (Å²) in [6.45, 7) is 2.30. The lowest BCUT2D eigenvalue weighted by atomic mass is 10.0. The highest BCUT2D eigenvalue weighted by atomic mass is 31.2. The Balaban J connectivity index is 4.49. The van der Waals surface area contributed by atoms with Gasteiger partial charge in [-0.2, -0.15) is 0 Å². The number of ether oxygens (including phenoxy) is 3. The van der Waals surface area contributed by atoms with Gasteiger partial charge in [-0.25, -0.2) is 9.13 Å². The van der Waals surface area contributed by atoms with Crippen molar-refractivity contribution in [3.05, 3.63) is 182 Å². The lowest BCUT2D eigenvalue weighted by molar-refractivity contribution is -0.161. The number of carbonyl (C=O) groups is 3. The number of esters is 3. The largest absolute Gasteiger partial charge is 0.472 e. The molecule has 0 aromatic heterocycles. The van der Waals surface area contributed by atoms with Gasteiger partial charge in [0.1, 0.15) is 25.4 Å². The highest BCUT2D eigenvalue weighted by Crippen LogP contribution is 2.45. The molecule has 0 fully saturated rings. The van der Waals surface area contributed by atoms with E-state index in [-0.39, 0.29) is 19.3 Å². The average Bonchev–Trinajstić information content (AvgIpc) is 0.901. The Bertz CT molecular complexity index is 2860. The zero-order valence-corrected chi connectivity index (χ0v) is 75.4. The van der Waals surface area contributed by atoms with Gasteiger partial charge in [-0.3, -0.25) is 32.5 Å². The normalized spacial score (nSPS) is 14.6. The van der Waals surface area contributed by atoms with E-state index in [0.29, 0.717) is 25.7 Å². The van der Waals surface area contributed by atoms with Gasteiger partial charge in [-0.05, 0) is 148 Å². The van der Waals surface area contributed by atoms with Gasteiger partial charge in [0.25, 0.3) is 0 Å². The molecule has 0 aromatic carbocycles. The van der Waals surface area contributed by atoms with Crippen LogP contribution in [0.25, 0.3) is 0 Å². The van der Waals surface area contributed by atoms with E-state index in [1.165, 1.54) is 154 Å². The van der Waals surface area contributed by atoms with Crippen LogP contribution in [-0.4, -0.2) is 95.9 Å². The van der Waals surface area contributed by atoms with Gasteiger partial charge in [-0.15, -0.1) is 0 Å². The third-order valence-electron chi connectivity index (χ3n) is 19.1. The van der Waals surface area contributed by atoms with Crippen LogP contribution in [0.4, 0.5) is 0 Å². The number of hydrogen-bond donors (Lipinski definition) is 4. The molecule has 0 aliphatic rings. The van der Waals surface area contributed by atoms with Gasteiger partial charge in [-0.1, -0.05) is 383 Å². The Hall–Kier alpha value is -5.35. The van der Waals surface area contributed by atoms with E-state index in [4.69, 9.17) is 32.3 Å². The summed E-state index contributed by atoms with van der Waals surface area (Å²) in [5, 5.41) is 20.7. The molecule has 18 heteroatoms. The molecule has 0 amide bonds. The standard InChI is InChI=1S/C99H166O16P2/c1-4-7-10-13-16-19-22-25-28-31-33-35-37-39-41-43-44-45-46-47-48-50-52-53-55-57-59-62-64-67-70-73-76-79-82-85-97(102)109-88-94(100)89-111-116(105,106)112-90-95(101)91-113-117(107,108)114-93-96(115-99(104)87-84-81-78-75-72-69-66-61-30-27-24-21-18-15-12-9-6-3)92-110-98(103)86-83-80-77-74-71-68-65-63-60-58-56-54-51-49-42-40-38-36-34-32-29-26-23-20-17-14-11-8-5-2/h7-12,16-21,25-30,33-36,39-42,66,69,75,78,94-96,100-101H,4-6,13-15,22-24,31-32,37-38,43-65,67-68,70-74,76-77,79-93H2,1-3H3,(H,105,106)(H,107,108)/b10-7-,11-8-,12-9-,19-16-,20-17-,21-18-,28-25-,29-26-,30-27-,35-33-,36-34-,41-39-,42-40-,69-66-,78-75-. The molecular formula is C99H166O16P2. The van der Waals surface area contributed by atoms with Crippen molar-refractivity contribution in [2.75, 3.05) is 39.6 Å². The number of phosphoric acid groups is 2. The first-order chi connectivity index (χ1) is 57.2. The van der Waals surface area contributed by atoms with Gasteiger partial charge in [0.05, 0.1) is 26.4 Å². The maximum atomic E-state index is 13.0. The average molecular weight is 1670 g/mol. The van der Waals surface area contributed by atoms with Crippen LogP contribution < -0.4 is 0 Å². The summed E-state index contributed by atoms with van der Waals surface area (Å²) >= 11 is 0. The Morgan fingerprint density at radius 1 is 0.239 bits per heavy atom. The van der Waals surface area contributed by atoms with E-state index < -0.39 is 91.5 Å². The second kappa shape index (κ2) is 89.9. The van der Waals surface area contributed by atoms with Crippen LogP contribution in [0.15, 0.2) is 182 Å². The van der Waals surface area contributed by atoms with Gasteiger partial charge >= 0.3 is 33.6 Å². The zero-order chi connectivity index (χ0) is 85.1.